The predicted molar refractivity (Wildman–Crippen MR) is 55.6 cm³/mol. The lowest BCUT2D eigenvalue weighted by molar-refractivity contribution is 0.533. The van der Waals surface area contributed by atoms with Crippen molar-refractivity contribution in [1.29, 1.82) is 5.41 Å². The van der Waals surface area contributed by atoms with E-state index in [-0.39, 0.29) is 0 Å². The number of halogens is 2. The molecule has 1 aliphatic carbocycles. The van der Waals surface area contributed by atoms with Gasteiger partial charge in [0.15, 0.2) is 0 Å². The summed E-state index contributed by atoms with van der Waals surface area (Å²) in [4.78, 5) is 0. The molecule has 11 heavy (non-hydrogen) atoms. The summed E-state index contributed by atoms with van der Waals surface area (Å²) in [5.41, 5.74) is 0.917. The van der Waals surface area contributed by atoms with Crippen LogP contribution in [0.1, 0.15) is 25.7 Å². The van der Waals surface area contributed by atoms with E-state index in [1.54, 1.807) is 0 Å². The SMILES string of the molecule is N=C1CCC(C=C(Br)Br)CC1. The summed E-state index contributed by atoms with van der Waals surface area (Å²) in [6.45, 7) is 0. The highest BCUT2D eigenvalue weighted by molar-refractivity contribution is 9.28. The highest BCUT2D eigenvalue weighted by Crippen LogP contribution is 2.26. The molecule has 1 rings (SSSR count). The Morgan fingerprint density at radius 1 is 1.36 bits per heavy atom. The lowest BCUT2D eigenvalue weighted by atomic mass is 9.88. The van der Waals surface area contributed by atoms with Crippen LogP contribution >= 0.6 is 31.9 Å². The maximum Gasteiger partial charge on any atom is 0.0567 e. The summed E-state index contributed by atoms with van der Waals surface area (Å²) in [6, 6.07) is 0. The highest BCUT2D eigenvalue weighted by Gasteiger charge is 2.14. The van der Waals surface area contributed by atoms with Crippen LogP contribution in [0.15, 0.2) is 9.47 Å². The fourth-order valence-corrected chi connectivity index (χ4v) is 2.08. The largest absolute Gasteiger partial charge is 0.310 e. The molecule has 0 radical (unpaired) electrons. The van der Waals surface area contributed by atoms with Crippen molar-refractivity contribution in [2.24, 2.45) is 5.92 Å². The van der Waals surface area contributed by atoms with Crippen LogP contribution in [0.5, 0.6) is 0 Å². The summed E-state index contributed by atoms with van der Waals surface area (Å²) in [7, 11) is 0. The van der Waals surface area contributed by atoms with Crippen LogP contribution in [-0.4, -0.2) is 5.71 Å². The minimum atomic E-state index is 0.665. The first-order chi connectivity index (χ1) is 5.18. The molecule has 0 spiro atoms. The summed E-state index contributed by atoms with van der Waals surface area (Å²) in [5.74, 6) is 0.665. The molecule has 62 valence electrons. The summed E-state index contributed by atoms with van der Waals surface area (Å²) < 4.78 is 1.04. The molecule has 0 saturated heterocycles. The molecule has 0 amide bonds. The number of nitrogens with one attached hydrogen (secondary N) is 1. The zero-order valence-corrected chi connectivity index (χ0v) is 9.41. The average Bonchev–Trinajstić information content (AvgIpc) is 1.93. The Balaban J connectivity index is 2.39. The monoisotopic (exact) mass is 279 g/mol. The number of hydrogen-bond donors (Lipinski definition) is 1. The summed E-state index contributed by atoms with van der Waals surface area (Å²) in [6.07, 6.45) is 6.42. The summed E-state index contributed by atoms with van der Waals surface area (Å²) >= 11 is 6.70. The van der Waals surface area contributed by atoms with Gasteiger partial charge >= 0.3 is 0 Å². The maximum absolute atomic E-state index is 7.42. The van der Waals surface area contributed by atoms with Gasteiger partial charge in [0.25, 0.3) is 0 Å². The fraction of sp³-hybridized carbons (Fsp3) is 0.625. The molecule has 1 nitrogen and oxygen atoms in total. The predicted octanol–water partition coefficient (Wildman–Crippen LogP) is 3.83. The van der Waals surface area contributed by atoms with Gasteiger partial charge in [-0.3, -0.25) is 0 Å². The molecule has 0 aromatic carbocycles. The van der Waals surface area contributed by atoms with Gasteiger partial charge in [0.1, 0.15) is 0 Å². The molecule has 0 aromatic heterocycles. The number of rotatable bonds is 1. The zero-order chi connectivity index (χ0) is 8.27. The Kier molecular flexibility index (Phi) is 3.79. The van der Waals surface area contributed by atoms with Crippen LogP contribution in [0.2, 0.25) is 0 Å². The first-order valence-corrected chi connectivity index (χ1v) is 5.36. The van der Waals surface area contributed by atoms with Crippen molar-refractivity contribution >= 4 is 37.6 Å². The summed E-state index contributed by atoms with van der Waals surface area (Å²) in [5, 5.41) is 7.42. The molecule has 0 bridgehead atoms. The van der Waals surface area contributed by atoms with Gasteiger partial charge in [0.2, 0.25) is 0 Å². The van der Waals surface area contributed by atoms with Crippen molar-refractivity contribution in [2.75, 3.05) is 0 Å². The van der Waals surface area contributed by atoms with E-state index >= 15 is 0 Å². The van der Waals surface area contributed by atoms with E-state index < -0.39 is 0 Å². The molecule has 1 saturated carbocycles. The average molecular weight is 281 g/mol. The van der Waals surface area contributed by atoms with Crippen LogP contribution in [0.3, 0.4) is 0 Å². The number of allylic oxidation sites excluding steroid dienone is 1. The number of hydrogen-bond acceptors (Lipinski definition) is 1. The van der Waals surface area contributed by atoms with Crippen LogP contribution in [0.4, 0.5) is 0 Å². The fourth-order valence-electron chi connectivity index (χ4n) is 1.33. The van der Waals surface area contributed by atoms with Gasteiger partial charge in [-0.15, -0.1) is 0 Å². The molecule has 1 N–H and O–H groups in total. The van der Waals surface area contributed by atoms with E-state index in [9.17, 15) is 0 Å². The van der Waals surface area contributed by atoms with Crippen molar-refractivity contribution < 1.29 is 0 Å². The normalized spacial score (nSPS) is 24.9. The van der Waals surface area contributed by atoms with Crippen molar-refractivity contribution in [2.45, 2.75) is 25.7 Å². The van der Waals surface area contributed by atoms with E-state index in [0.717, 1.165) is 34.8 Å². The third-order valence-corrected chi connectivity index (χ3v) is 2.52. The molecule has 0 aromatic rings. The maximum atomic E-state index is 7.42. The Bertz CT molecular complexity index is 173. The van der Waals surface area contributed by atoms with Gasteiger partial charge in [0, 0.05) is 5.71 Å². The molecular formula is C8H11Br2N. The molecular weight excluding hydrogens is 270 g/mol. The third kappa shape index (κ3) is 3.52. The molecule has 1 fully saturated rings. The first-order valence-electron chi connectivity index (χ1n) is 3.77. The van der Waals surface area contributed by atoms with E-state index in [4.69, 9.17) is 5.41 Å². The van der Waals surface area contributed by atoms with Crippen molar-refractivity contribution in [3.8, 4) is 0 Å². The van der Waals surface area contributed by atoms with E-state index in [0.29, 0.717) is 5.92 Å². The van der Waals surface area contributed by atoms with Crippen LogP contribution in [0, 0.1) is 11.3 Å². The van der Waals surface area contributed by atoms with Crippen molar-refractivity contribution in [3.63, 3.8) is 0 Å². The van der Waals surface area contributed by atoms with Crippen molar-refractivity contribution in [1.82, 2.24) is 0 Å². The lowest BCUT2D eigenvalue weighted by Crippen LogP contribution is -2.11. The van der Waals surface area contributed by atoms with Gasteiger partial charge in [-0.25, -0.2) is 0 Å². The lowest BCUT2D eigenvalue weighted by Gasteiger charge is -2.18. The second kappa shape index (κ2) is 4.41. The first kappa shape index (κ1) is 9.46. The third-order valence-electron chi connectivity index (χ3n) is 2.00. The molecule has 0 aliphatic heterocycles. The molecule has 1 aliphatic rings. The van der Waals surface area contributed by atoms with Crippen LogP contribution < -0.4 is 0 Å². The Labute approximate surface area is 84.0 Å². The topological polar surface area (TPSA) is 23.9 Å². The van der Waals surface area contributed by atoms with Gasteiger partial charge in [-0.1, -0.05) is 6.08 Å². The standard InChI is InChI=1S/C8H11Br2N/c9-8(10)5-6-1-3-7(11)4-2-6/h5-6,11H,1-4H2. The van der Waals surface area contributed by atoms with Gasteiger partial charge < -0.3 is 5.41 Å². The van der Waals surface area contributed by atoms with Gasteiger partial charge in [-0.05, 0) is 63.5 Å². The minimum Gasteiger partial charge on any atom is -0.310 e. The second-order valence-electron chi connectivity index (χ2n) is 2.90. The molecule has 0 atom stereocenters. The molecule has 0 unspecified atom stereocenters. The van der Waals surface area contributed by atoms with Crippen LogP contribution in [-0.2, 0) is 0 Å². The van der Waals surface area contributed by atoms with Crippen LogP contribution in [0.25, 0.3) is 0 Å². The second-order valence-corrected chi connectivity index (χ2v) is 5.67. The zero-order valence-electron chi connectivity index (χ0n) is 6.24. The quantitative estimate of drug-likeness (QED) is 0.755. The molecule has 0 heterocycles. The smallest absolute Gasteiger partial charge is 0.0567 e. The van der Waals surface area contributed by atoms with E-state index in [1.165, 1.54) is 0 Å². The Hall–Kier alpha value is 0.370. The Morgan fingerprint density at radius 3 is 2.36 bits per heavy atom. The minimum absolute atomic E-state index is 0.665. The van der Waals surface area contributed by atoms with Gasteiger partial charge in [0.05, 0.1) is 3.39 Å². The van der Waals surface area contributed by atoms with Gasteiger partial charge in [-0.2, -0.15) is 0 Å². The van der Waals surface area contributed by atoms with E-state index in [1.807, 2.05) is 0 Å². The van der Waals surface area contributed by atoms with Crippen molar-refractivity contribution in [3.05, 3.63) is 9.47 Å². The highest BCUT2D eigenvalue weighted by atomic mass is 79.9. The van der Waals surface area contributed by atoms with E-state index in [2.05, 4.69) is 37.9 Å². The Morgan fingerprint density at radius 2 is 1.91 bits per heavy atom. The molecule has 3 heteroatoms.